The lowest BCUT2D eigenvalue weighted by atomic mass is 10.0. The molecule has 1 aromatic heterocycles. The van der Waals surface area contributed by atoms with Gasteiger partial charge in [0, 0.05) is 24.0 Å². The minimum absolute atomic E-state index is 0.249. The van der Waals surface area contributed by atoms with Crippen molar-refractivity contribution < 1.29 is 9.59 Å². The average molecular weight is 353 g/mol. The fraction of sp³-hybridized carbons (Fsp3) is 0.381. The summed E-state index contributed by atoms with van der Waals surface area (Å²) in [6.07, 6.45) is 2.39. The smallest absolute Gasteiger partial charge is 0.269 e. The van der Waals surface area contributed by atoms with Gasteiger partial charge in [-0.3, -0.25) is 14.6 Å². The summed E-state index contributed by atoms with van der Waals surface area (Å²) in [5.41, 5.74) is 4.64. The van der Waals surface area contributed by atoms with Gasteiger partial charge in [0.1, 0.15) is 5.69 Å². The molecular weight excluding hydrogens is 326 g/mol. The highest BCUT2D eigenvalue weighted by Gasteiger charge is 2.14. The number of aryl methyl sites for hydroxylation is 3. The normalized spacial score (nSPS) is 10.7. The minimum Gasteiger partial charge on any atom is -0.351 e. The van der Waals surface area contributed by atoms with Crippen molar-refractivity contribution in [1.29, 1.82) is 0 Å². The quantitative estimate of drug-likeness (QED) is 0.823. The molecule has 2 rings (SSSR count). The lowest BCUT2D eigenvalue weighted by Crippen LogP contribution is -2.26. The highest BCUT2D eigenvalue weighted by atomic mass is 16.2. The zero-order chi connectivity index (χ0) is 19.3. The first-order valence-corrected chi connectivity index (χ1v) is 8.91. The first-order chi connectivity index (χ1) is 12.3. The Balaban J connectivity index is 2.12. The van der Waals surface area contributed by atoms with Crippen molar-refractivity contribution in [3.05, 3.63) is 58.4 Å². The third-order valence-corrected chi connectivity index (χ3v) is 4.18. The van der Waals surface area contributed by atoms with Gasteiger partial charge in [0.05, 0.1) is 0 Å². The number of carbonyl (C=O) groups is 2. The molecule has 0 radical (unpaired) electrons. The van der Waals surface area contributed by atoms with Crippen molar-refractivity contribution in [1.82, 2.24) is 10.3 Å². The van der Waals surface area contributed by atoms with Gasteiger partial charge < -0.3 is 10.6 Å². The third-order valence-electron chi connectivity index (χ3n) is 4.18. The molecule has 0 aliphatic heterocycles. The number of pyridine rings is 1. The number of rotatable bonds is 6. The number of hydrogen-bond acceptors (Lipinski definition) is 3. The van der Waals surface area contributed by atoms with E-state index in [9.17, 15) is 9.59 Å². The minimum atomic E-state index is -0.261. The van der Waals surface area contributed by atoms with Crippen LogP contribution in [0.3, 0.4) is 0 Å². The molecular formula is C21H27N3O2. The fourth-order valence-corrected chi connectivity index (χ4v) is 2.82. The van der Waals surface area contributed by atoms with Gasteiger partial charge in [-0.25, -0.2) is 0 Å². The van der Waals surface area contributed by atoms with E-state index in [-0.39, 0.29) is 17.5 Å². The summed E-state index contributed by atoms with van der Waals surface area (Å²) in [5.74, 6) is 0.00282. The predicted octanol–water partition coefficient (Wildman–Crippen LogP) is 4.04. The SMILES string of the molecule is Cc1cc(C)c(NC(=O)c2ccnc(C(=O)NCCC(C)C)c2)c(C)c1. The fourth-order valence-electron chi connectivity index (χ4n) is 2.82. The Labute approximate surface area is 155 Å². The molecule has 1 heterocycles. The largest absolute Gasteiger partial charge is 0.351 e. The highest BCUT2D eigenvalue weighted by molar-refractivity contribution is 6.06. The first-order valence-electron chi connectivity index (χ1n) is 8.91. The zero-order valence-electron chi connectivity index (χ0n) is 16.1. The van der Waals surface area contributed by atoms with Gasteiger partial charge in [-0.15, -0.1) is 0 Å². The molecule has 0 fully saturated rings. The predicted molar refractivity (Wildman–Crippen MR) is 105 cm³/mol. The van der Waals surface area contributed by atoms with Crippen LogP contribution in [-0.2, 0) is 0 Å². The lowest BCUT2D eigenvalue weighted by molar-refractivity contribution is 0.0947. The molecule has 5 nitrogen and oxygen atoms in total. The van der Waals surface area contributed by atoms with Gasteiger partial charge >= 0.3 is 0 Å². The summed E-state index contributed by atoms with van der Waals surface area (Å²) in [7, 11) is 0. The maximum Gasteiger partial charge on any atom is 0.269 e. The number of nitrogens with zero attached hydrogens (tertiary/aromatic N) is 1. The summed E-state index contributed by atoms with van der Waals surface area (Å²) < 4.78 is 0. The second-order valence-electron chi connectivity index (χ2n) is 7.10. The molecule has 0 atom stereocenters. The molecule has 0 spiro atoms. The summed E-state index contributed by atoms with van der Waals surface area (Å²) in [6, 6.07) is 7.20. The van der Waals surface area contributed by atoms with Gasteiger partial charge in [-0.1, -0.05) is 31.5 Å². The number of anilines is 1. The molecule has 0 aliphatic rings. The summed E-state index contributed by atoms with van der Waals surface area (Å²) in [4.78, 5) is 28.9. The standard InChI is InChI=1S/C21H27N3O2/c1-13(2)6-8-23-21(26)18-12-17(7-9-22-18)20(25)24-19-15(4)10-14(3)11-16(19)5/h7,9-13H,6,8H2,1-5H3,(H,23,26)(H,24,25). The molecule has 0 saturated heterocycles. The van der Waals surface area contributed by atoms with E-state index in [1.54, 1.807) is 6.07 Å². The zero-order valence-corrected chi connectivity index (χ0v) is 16.1. The molecule has 2 aromatic rings. The third kappa shape index (κ3) is 5.15. The van der Waals surface area contributed by atoms with E-state index in [0.717, 1.165) is 28.8 Å². The Morgan fingerprint density at radius 1 is 1.04 bits per heavy atom. The topological polar surface area (TPSA) is 71.1 Å². The van der Waals surface area contributed by atoms with Crippen LogP contribution in [0, 0.1) is 26.7 Å². The van der Waals surface area contributed by atoms with Crippen molar-refractivity contribution in [3.8, 4) is 0 Å². The van der Waals surface area contributed by atoms with E-state index in [0.29, 0.717) is 18.0 Å². The van der Waals surface area contributed by atoms with Crippen LogP contribution in [0.5, 0.6) is 0 Å². The number of hydrogen-bond donors (Lipinski definition) is 2. The molecule has 0 unspecified atom stereocenters. The van der Waals surface area contributed by atoms with Gasteiger partial charge in [-0.05, 0) is 56.4 Å². The highest BCUT2D eigenvalue weighted by Crippen LogP contribution is 2.22. The van der Waals surface area contributed by atoms with Gasteiger partial charge in [0.2, 0.25) is 0 Å². The summed E-state index contributed by atoms with van der Waals surface area (Å²) in [6.45, 7) is 10.8. The Bertz CT molecular complexity index is 790. The van der Waals surface area contributed by atoms with Gasteiger partial charge in [-0.2, -0.15) is 0 Å². The molecule has 2 amide bonds. The first kappa shape index (κ1) is 19.6. The van der Waals surface area contributed by atoms with Crippen LogP contribution in [0.1, 0.15) is 57.8 Å². The van der Waals surface area contributed by atoms with Crippen molar-refractivity contribution in [2.45, 2.75) is 41.0 Å². The summed E-state index contributed by atoms with van der Waals surface area (Å²) in [5, 5.41) is 5.79. The van der Waals surface area contributed by atoms with Crippen molar-refractivity contribution in [2.75, 3.05) is 11.9 Å². The Morgan fingerprint density at radius 3 is 2.31 bits per heavy atom. The number of benzene rings is 1. The van der Waals surface area contributed by atoms with Crippen LogP contribution in [-0.4, -0.2) is 23.3 Å². The van der Waals surface area contributed by atoms with Crippen LogP contribution in [0.2, 0.25) is 0 Å². The van der Waals surface area contributed by atoms with E-state index in [4.69, 9.17) is 0 Å². The van der Waals surface area contributed by atoms with Crippen molar-refractivity contribution in [3.63, 3.8) is 0 Å². The van der Waals surface area contributed by atoms with E-state index >= 15 is 0 Å². The van der Waals surface area contributed by atoms with E-state index < -0.39 is 0 Å². The van der Waals surface area contributed by atoms with Crippen LogP contribution in [0.4, 0.5) is 5.69 Å². The molecule has 0 bridgehead atoms. The monoisotopic (exact) mass is 353 g/mol. The average Bonchev–Trinajstić information content (AvgIpc) is 2.57. The molecule has 26 heavy (non-hydrogen) atoms. The molecule has 0 aliphatic carbocycles. The van der Waals surface area contributed by atoms with Gasteiger partial charge in [0.15, 0.2) is 0 Å². The number of amides is 2. The molecule has 2 N–H and O–H groups in total. The van der Waals surface area contributed by atoms with E-state index in [2.05, 4.69) is 29.5 Å². The second kappa shape index (κ2) is 8.61. The maximum atomic E-state index is 12.6. The number of nitrogens with one attached hydrogen (secondary N) is 2. The van der Waals surface area contributed by atoms with Crippen LogP contribution >= 0.6 is 0 Å². The van der Waals surface area contributed by atoms with E-state index in [1.807, 2.05) is 32.9 Å². The summed E-state index contributed by atoms with van der Waals surface area (Å²) >= 11 is 0. The number of aromatic nitrogens is 1. The van der Waals surface area contributed by atoms with E-state index in [1.165, 1.54) is 12.3 Å². The lowest BCUT2D eigenvalue weighted by Gasteiger charge is -2.13. The number of carbonyl (C=O) groups excluding carboxylic acids is 2. The Morgan fingerprint density at radius 2 is 1.69 bits per heavy atom. The maximum absolute atomic E-state index is 12.6. The molecule has 5 heteroatoms. The molecule has 1 aromatic carbocycles. The van der Waals surface area contributed by atoms with Crippen LogP contribution in [0.25, 0.3) is 0 Å². The molecule has 0 saturated carbocycles. The van der Waals surface area contributed by atoms with Crippen LogP contribution < -0.4 is 10.6 Å². The Kier molecular flexibility index (Phi) is 6.50. The van der Waals surface area contributed by atoms with Crippen molar-refractivity contribution in [2.24, 2.45) is 5.92 Å². The van der Waals surface area contributed by atoms with Gasteiger partial charge in [0.25, 0.3) is 11.8 Å². The van der Waals surface area contributed by atoms with Crippen molar-refractivity contribution >= 4 is 17.5 Å². The van der Waals surface area contributed by atoms with Crippen LogP contribution in [0.15, 0.2) is 30.5 Å². The Hall–Kier alpha value is -2.69. The molecule has 138 valence electrons. The second-order valence-corrected chi connectivity index (χ2v) is 7.10.